The lowest BCUT2D eigenvalue weighted by molar-refractivity contribution is 0.248. The molecule has 2 saturated carbocycles. The molecule has 3 rings (SSSR count). The van der Waals surface area contributed by atoms with Crippen LogP contribution in [0.15, 0.2) is 18.2 Å². The summed E-state index contributed by atoms with van der Waals surface area (Å²) in [6.07, 6.45) is 5.17. The minimum Gasteiger partial charge on any atom is -0.271 e. The molecule has 18 heavy (non-hydrogen) atoms. The average Bonchev–Trinajstić information content (AvgIpc) is 2.97. The van der Waals surface area contributed by atoms with Gasteiger partial charge in [-0.2, -0.15) is 0 Å². The second-order valence-electron chi connectivity index (χ2n) is 6.01. The Morgan fingerprint density at radius 3 is 2.78 bits per heavy atom. The van der Waals surface area contributed by atoms with E-state index >= 15 is 0 Å². The van der Waals surface area contributed by atoms with Crippen LogP contribution in [0.1, 0.15) is 42.9 Å². The second kappa shape index (κ2) is 4.63. The lowest BCUT2D eigenvalue weighted by Crippen LogP contribution is -2.36. The van der Waals surface area contributed by atoms with Crippen molar-refractivity contribution in [3.8, 4) is 0 Å². The molecule has 2 fully saturated rings. The van der Waals surface area contributed by atoms with Gasteiger partial charge in [0.1, 0.15) is 5.82 Å². The third-order valence-corrected chi connectivity index (χ3v) is 4.89. The summed E-state index contributed by atoms with van der Waals surface area (Å²) in [5.74, 6) is 7.67. The van der Waals surface area contributed by atoms with Crippen LogP contribution in [0.4, 0.5) is 4.39 Å². The van der Waals surface area contributed by atoms with E-state index in [4.69, 9.17) is 5.84 Å². The predicted molar refractivity (Wildman–Crippen MR) is 70.1 cm³/mol. The molecule has 1 aromatic rings. The number of nitrogens with one attached hydrogen (secondary N) is 1. The summed E-state index contributed by atoms with van der Waals surface area (Å²) in [4.78, 5) is 0. The summed E-state index contributed by atoms with van der Waals surface area (Å²) in [6, 6.07) is 5.28. The predicted octanol–water partition coefficient (Wildman–Crippen LogP) is 3.07. The van der Waals surface area contributed by atoms with Crippen LogP contribution in [-0.4, -0.2) is 0 Å². The van der Waals surface area contributed by atoms with E-state index in [1.807, 2.05) is 19.1 Å². The molecular formula is C15H21FN2. The van der Waals surface area contributed by atoms with Gasteiger partial charge in [-0.25, -0.2) is 4.39 Å². The first-order valence-electron chi connectivity index (χ1n) is 6.91. The fourth-order valence-corrected chi connectivity index (χ4v) is 4.05. The van der Waals surface area contributed by atoms with E-state index in [2.05, 4.69) is 5.43 Å². The smallest absolute Gasteiger partial charge is 0.128 e. The van der Waals surface area contributed by atoms with Crippen LogP contribution < -0.4 is 11.3 Å². The van der Waals surface area contributed by atoms with Crippen molar-refractivity contribution in [2.45, 2.75) is 38.6 Å². The van der Waals surface area contributed by atoms with Gasteiger partial charge in [0.25, 0.3) is 0 Å². The molecule has 0 aromatic heterocycles. The Morgan fingerprint density at radius 1 is 1.33 bits per heavy atom. The molecule has 3 heteroatoms. The number of hydrogen-bond donors (Lipinski definition) is 2. The molecule has 4 unspecified atom stereocenters. The molecule has 2 nitrogen and oxygen atoms in total. The molecule has 4 atom stereocenters. The van der Waals surface area contributed by atoms with Crippen LogP contribution in [0, 0.1) is 30.5 Å². The Morgan fingerprint density at radius 2 is 2.17 bits per heavy atom. The number of aryl methyl sites for hydroxylation is 1. The van der Waals surface area contributed by atoms with Crippen LogP contribution in [0.2, 0.25) is 0 Å². The van der Waals surface area contributed by atoms with Crippen molar-refractivity contribution in [1.82, 2.24) is 5.43 Å². The Labute approximate surface area is 108 Å². The first-order valence-corrected chi connectivity index (χ1v) is 6.91. The summed E-state index contributed by atoms with van der Waals surface area (Å²) in [7, 11) is 0. The summed E-state index contributed by atoms with van der Waals surface area (Å²) in [5.41, 5.74) is 4.71. The average molecular weight is 248 g/mol. The van der Waals surface area contributed by atoms with Crippen LogP contribution >= 0.6 is 0 Å². The van der Waals surface area contributed by atoms with Crippen molar-refractivity contribution >= 4 is 0 Å². The Kier molecular flexibility index (Phi) is 3.12. The molecule has 0 saturated heterocycles. The Bertz CT molecular complexity index is 446. The maximum Gasteiger partial charge on any atom is 0.128 e. The third-order valence-electron chi connectivity index (χ3n) is 4.89. The number of nitrogens with two attached hydrogens (primary N) is 1. The van der Waals surface area contributed by atoms with E-state index in [9.17, 15) is 4.39 Å². The van der Waals surface area contributed by atoms with E-state index in [0.717, 1.165) is 23.0 Å². The molecule has 98 valence electrons. The normalized spacial score (nSPS) is 31.8. The van der Waals surface area contributed by atoms with E-state index in [-0.39, 0.29) is 11.9 Å². The van der Waals surface area contributed by atoms with Gasteiger partial charge >= 0.3 is 0 Å². The maximum atomic E-state index is 14.0. The van der Waals surface area contributed by atoms with Gasteiger partial charge in [0.2, 0.25) is 0 Å². The molecule has 2 bridgehead atoms. The maximum absolute atomic E-state index is 14.0. The number of fused-ring (bicyclic) bond motifs is 2. The highest BCUT2D eigenvalue weighted by Gasteiger charge is 2.43. The monoisotopic (exact) mass is 248 g/mol. The number of benzene rings is 1. The number of rotatable bonds is 3. The van der Waals surface area contributed by atoms with E-state index in [0.29, 0.717) is 5.92 Å². The van der Waals surface area contributed by atoms with Crippen molar-refractivity contribution in [3.63, 3.8) is 0 Å². The zero-order valence-corrected chi connectivity index (χ0v) is 10.8. The molecule has 1 aromatic carbocycles. The highest BCUT2D eigenvalue weighted by atomic mass is 19.1. The summed E-state index contributed by atoms with van der Waals surface area (Å²) < 4.78 is 14.0. The van der Waals surface area contributed by atoms with Crippen molar-refractivity contribution in [2.75, 3.05) is 0 Å². The molecule has 3 N–H and O–H groups in total. The van der Waals surface area contributed by atoms with Gasteiger partial charge in [-0.1, -0.05) is 24.1 Å². The quantitative estimate of drug-likeness (QED) is 0.637. The minimum absolute atomic E-state index is 0.0276. The molecule has 0 spiro atoms. The first kappa shape index (κ1) is 12.1. The van der Waals surface area contributed by atoms with Crippen molar-refractivity contribution in [2.24, 2.45) is 23.6 Å². The standard InChI is InChI=1S/C15H21FN2/c1-9-2-5-14(16)13(6-9)15(18-17)12-8-10-3-4-11(12)7-10/h2,5-6,10-12,15,18H,3-4,7-8,17H2,1H3. The van der Waals surface area contributed by atoms with Crippen molar-refractivity contribution < 1.29 is 4.39 Å². The van der Waals surface area contributed by atoms with Crippen molar-refractivity contribution in [3.05, 3.63) is 35.1 Å². The van der Waals surface area contributed by atoms with Crippen LogP contribution in [-0.2, 0) is 0 Å². The largest absolute Gasteiger partial charge is 0.271 e. The van der Waals surface area contributed by atoms with Crippen molar-refractivity contribution in [1.29, 1.82) is 0 Å². The Hall–Kier alpha value is -0.930. The molecular weight excluding hydrogens is 227 g/mol. The zero-order chi connectivity index (χ0) is 12.7. The van der Waals surface area contributed by atoms with Crippen LogP contribution in [0.5, 0.6) is 0 Å². The van der Waals surface area contributed by atoms with Gasteiger partial charge in [-0.15, -0.1) is 0 Å². The fraction of sp³-hybridized carbons (Fsp3) is 0.600. The fourth-order valence-electron chi connectivity index (χ4n) is 4.05. The van der Waals surface area contributed by atoms with Gasteiger partial charge in [0.15, 0.2) is 0 Å². The highest BCUT2D eigenvalue weighted by molar-refractivity contribution is 5.28. The molecule has 0 heterocycles. The lowest BCUT2D eigenvalue weighted by atomic mass is 9.80. The molecule has 0 radical (unpaired) electrons. The lowest BCUT2D eigenvalue weighted by Gasteiger charge is -2.30. The summed E-state index contributed by atoms with van der Waals surface area (Å²) >= 11 is 0. The molecule has 2 aliphatic rings. The van der Waals surface area contributed by atoms with E-state index in [1.165, 1.54) is 25.7 Å². The molecule has 0 aliphatic heterocycles. The van der Waals surface area contributed by atoms with Gasteiger partial charge in [-0.3, -0.25) is 11.3 Å². The summed E-state index contributed by atoms with van der Waals surface area (Å²) in [6.45, 7) is 2.00. The van der Waals surface area contributed by atoms with E-state index in [1.54, 1.807) is 6.07 Å². The Balaban J connectivity index is 1.90. The SMILES string of the molecule is Cc1ccc(F)c(C(NN)C2CC3CCC2C3)c1. The molecule has 2 aliphatic carbocycles. The van der Waals surface area contributed by atoms with Gasteiger partial charge in [-0.05, 0) is 50.0 Å². The topological polar surface area (TPSA) is 38.0 Å². The van der Waals surface area contributed by atoms with Gasteiger partial charge < -0.3 is 0 Å². The second-order valence-corrected chi connectivity index (χ2v) is 6.01. The summed E-state index contributed by atoms with van der Waals surface area (Å²) in [5, 5.41) is 0. The van der Waals surface area contributed by atoms with Gasteiger partial charge in [0.05, 0.1) is 6.04 Å². The molecule has 0 amide bonds. The van der Waals surface area contributed by atoms with Gasteiger partial charge in [0, 0.05) is 5.56 Å². The highest BCUT2D eigenvalue weighted by Crippen LogP contribution is 2.52. The number of hydrogen-bond acceptors (Lipinski definition) is 2. The number of halogens is 1. The zero-order valence-electron chi connectivity index (χ0n) is 10.8. The van der Waals surface area contributed by atoms with E-state index < -0.39 is 0 Å². The van der Waals surface area contributed by atoms with Crippen LogP contribution in [0.25, 0.3) is 0 Å². The van der Waals surface area contributed by atoms with Crippen LogP contribution in [0.3, 0.4) is 0 Å². The minimum atomic E-state index is -0.133. The first-order chi connectivity index (χ1) is 8.69. The number of hydrazine groups is 1. The third kappa shape index (κ3) is 1.95.